The summed E-state index contributed by atoms with van der Waals surface area (Å²) in [6.07, 6.45) is 3.84. The number of rotatable bonds is 6. The highest BCUT2D eigenvalue weighted by atomic mass is 32.2. The fraction of sp³-hybridized carbons (Fsp3) is 1.00. The molecule has 0 amide bonds. The van der Waals surface area contributed by atoms with Crippen LogP contribution < -0.4 is 0 Å². The van der Waals surface area contributed by atoms with Gasteiger partial charge in [0.05, 0.1) is 11.5 Å². The van der Waals surface area contributed by atoms with Gasteiger partial charge in [-0.1, -0.05) is 0 Å². The SMILES string of the molecule is CS[13CH2][13CH2]S(=O)(=O)[13CH2][13CH2]SC. The monoisotopic (exact) mass is 218 g/mol. The summed E-state index contributed by atoms with van der Waals surface area (Å²) in [7, 11) is -2.75. The molecule has 0 radical (unpaired) electrons. The quantitative estimate of drug-likeness (QED) is 0.626. The minimum absolute atomic E-state index is 0.328. The van der Waals surface area contributed by atoms with Gasteiger partial charge in [-0.3, -0.25) is 0 Å². The zero-order valence-electron chi connectivity index (χ0n) is 6.87. The fourth-order valence-corrected chi connectivity index (χ4v) is 4.09. The molecule has 0 spiro atoms. The number of hydrogen-bond acceptors (Lipinski definition) is 4. The Balaban J connectivity index is 3.63. The summed E-state index contributed by atoms with van der Waals surface area (Å²) >= 11 is 3.15. The molecule has 0 bridgehead atoms. The van der Waals surface area contributed by atoms with Crippen LogP contribution in [0.3, 0.4) is 0 Å². The highest BCUT2D eigenvalue weighted by Gasteiger charge is 2.08. The normalized spacial score (nSPS) is 11.8. The third kappa shape index (κ3) is 7.03. The van der Waals surface area contributed by atoms with Crippen molar-refractivity contribution in [2.75, 3.05) is 35.5 Å². The molecule has 0 aliphatic rings. The standard InChI is InChI=1S/C6H14O2S3/c1-9-3-5-11(7,8)6-4-10-2/h3-6H2,1-2H3/i3+1,4+1,5+1,6+1. The molecule has 0 fully saturated rings. The van der Waals surface area contributed by atoms with Crippen molar-refractivity contribution in [2.45, 2.75) is 0 Å². The van der Waals surface area contributed by atoms with Gasteiger partial charge in [0.2, 0.25) is 0 Å². The number of thioether (sulfide) groups is 2. The lowest BCUT2D eigenvalue weighted by molar-refractivity contribution is 0.599. The zero-order valence-corrected chi connectivity index (χ0v) is 9.32. The molecular formula is C6H14O2S3. The van der Waals surface area contributed by atoms with Gasteiger partial charge in [0.1, 0.15) is 0 Å². The molecule has 0 saturated heterocycles. The van der Waals surface area contributed by atoms with Crippen LogP contribution in [0.5, 0.6) is 0 Å². The molecule has 0 atom stereocenters. The maximum atomic E-state index is 11.1. The summed E-state index contributed by atoms with van der Waals surface area (Å²) in [4.78, 5) is 0. The van der Waals surface area contributed by atoms with E-state index in [1.165, 1.54) is 0 Å². The lowest BCUT2D eigenvalue weighted by Gasteiger charge is -2.00. The van der Waals surface area contributed by atoms with E-state index in [4.69, 9.17) is 0 Å². The van der Waals surface area contributed by atoms with E-state index < -0.39 is 9.84 Å². The highest BCUT2D eigenvalue weighted by Crippen LogP contribution is 2.00. The van der Waals surface area contributed by atoms with Crippen LogP contribution in [0.1, 0.15) is 0 Å². The van der Waals surface area contributed by atoms with Gasteiger partial charge >= 0.3 is 0 Å². The van der Waals surface area contributed by atoms with Crippen molar-refractivity contribution >= 4 is 33.4 Å². The minimum atomic E-state index is -2.75. The molecule has 0 heterocycles. The van der Waals surface area contributed by atoms with E-state index >= 15 is 0 Å². The topological polar surface area (TPSA) is 34.1 Å². The molecule has 0 aromatic heterocycles. The summed E-state index contributed by atoms with van der Waals surface area (Å²) in [6.45, 7) is 0. The van der Waals surface area contributed by atoms with Crippen molar-refractivity contribution in [3.63, 3.8) is 0 Å². The van der Waals surface area contributed by atoms with Gasteiger partial charge in [0.25, 0.3) is 0 Å². The molecule has 68 valence electrons. The highest BCUT2D eigenvalue weighted by molar-refractivity contribution is 8.01. The van der Waals surface area contributed by atoms with E-state index in [-0.39, 0.29) is 0 Å². The first kappa shape index (κ1) is 11.6. The Labute approximate surface area is 77.4 Å². The van der Waals surface area contributed by atoms with E-state index in [0.29, 0.717) is 11.5 Å². The molecule has 0 N–H and O–H groups in total. The molecule has 0 aromatic carbocycles. The number of hydrogen-bond donors (Lipinski definition) is 0. The Kier molecular flexibility index (Phi) is 6.56. The number of sulfone groups is 1. The third-order valence-electron chi connectivity index (χ3n) is 1.20. The van der Waals surface area contributed by atoms with Crippen LogP contribution in [0.2, 0.25) is 0 Å². The molecule has 2 nitrogen and oxygen atoms in total. The van der Waals surface area contributed by atoms with Crippen LogP contribution in [0.4, 0.5) is 0 Å². The first-order valence-corrected chi connectivity index (χ1v) is 7.91. The van der Waals surface area contributed by atoms with Gasteiger partial charge in [-0.2, -0.15) is 23.5 Å². The van der Waals surface area contributed by atoms with Crippen LogP contribution in [0.25, 0.3) is 0 Å². The second-order valence-corrected chi connectivity index (χ2v) is 6.41. The predicted octanol–water partition coefficient (Wildman–Crippen LogP) is 1.13. The smallest absolute Gasteiger partial charge is 0.151 e. The summed E-state index contributed by atoms with van der Waals surface area (Å²) in [5.74, 6) is 2.09. The van der Waals surface area contributed by atoms with Crippen LogP contribution in [-0.4, -0.2) is 43.9 Å². The second-order valence-electron chi connectivity index (χ2n) is 2.14. The average molecular weight is 218 g/mol. The maximum absolute atomic E-state index is 11.1. The van der Waals surface area contributed by atoms with Crippen LogP contribution in [-0.2, 0) is 9.84 Å². The Hall–Kier alpha value is 0.650. The van der Waals surface area contributed by atoms with Crippen molar-refractivity contribution in [3.05, 3.63) is 0 Å². The third-order valence-corrected chi connectivity index (χ3v) is 4.59. The Morgan fingerprint density at radius 1 is 1.00 bits per heavy atom. The van der Waals surface area contributed by atoms with Gasteiger partial charge in [0.15, 0.2) is 9.84 Å². The Bertz CT molecular complexity index is 160. The lowest BCUT2D eigenvalue weighted by atomic mass is 11.9. The van der Waals surface area contributed by atoms with Gasteiger partial charge in [-0.25, -0.2) is 8.42 Å². The Morgan fingerprint density at radius 3 is 1.64 bits per heavy atom. The van der Waals surface area contributed by atoms with E-state index in [9.17, 15) is 8.42 Å². The lowest BCUT2D eigenvalue weighted by Crippen LogP contribution is -2.14. The van der Waals surface area contributed by atoms with Crippen LogP contribution in [0, 0.1) is 0 Å². The summed E-state index contributed by atoms with van der Waals surface area (Å²) in [6, 6.07) is 0. The summed E-state index contributed by atoms with van der Waals surface area (Å²) < 4.78 is 22.2. The van der Waals surface area contributed by atoms with E-state index in [1.54, 1.807) is 23.5 Å². The second kappa shape index (κ2) is 6.20. The van der Waals surface area contributed by atoms with Crippen molar-refractivity contribution in [3.8, 4) is 0 Å². The predicted molar refractivity (Wildman–Crippen MR) is 55.4 cm³/mol. The molecule has 0 aliphatic carbocycles. The van der Waals surface area contributed by atoms with Crippen molar-refractivity contribution in [1.29, 1.82) is 0 Å². The maximum Gasteiger partial charge on any atom is 0.151 e. The zero-order chi connectivity index (χ0) is 8.74. The summed E-state index contributed by atoms with van der Waals surface area (Å²) in [5.41, 5.74) is 0. The van der Waals surface area contributed by atoms with Gasteiger partial charge in [-0.15, -0.1) is 0 Å². The average Bonchev–Trinajstić information content (AvgIpc) is 1.97. The molecule has 0 aliphatic heterocycles. The van der Waals surface area contributed by atoms with E-state index in [0.717, 1.165) is 11.5 Å². The molecule has 11 heavy (non-hydrogen) atoms. The molecule has 0 unspecified atom stereocenters. The molecule has 0 saturated carbocycles. The van der Waals surface area contributed by atoms with Crippen LogP contribution >= 0.6 is 23.5 Å². The van der Waals surface area contributed by atoms with Gasteiger partial charge in [-0.05, 0) is 12.5 Å². The van der Waals surface area contributed by atoms with Crippen molar-refractivity contribution in [1.82, 2.24) is 0 Å². The van der Waals surface area contributed by atoms with Crippen molar-refractivity contribution < 1.29 is 8.42 Å². The van der Waals surface area contributed by atoms with Crippen molar-refractivity contribution in [2.24, 2.45) is 0 Å². The first-order valence-electron chi connectivity index (χ1n) is 3.30. The molecule has 5 heteroatoms. The van der Waals surface area contributed by atoms with Crippen LogP contribution in [0.15, 0.2) is 0 Å². The molecule has 0 aromatic rings. The Morgan fingerprint density at radius 2 is 1.36 bits per heavy atom. The molecule has 0 rings (SSSR count). The molecular weight excluding hydrogens is 204 g/mol. The van der Waals surface area contributed by atoms with Gasteiger partial charge < -0.3 is 0 Å². The largest absolute Gasteiger partial charge is 0.229 e. The minimum Gasteiger partial charge on any atom is -0.229 e. The summed E-state index contributed by atoms with van der Waals surface area (Å²) in [5, 5.41) is 0. The van der Waals surface area contributed by atoms with Gasteiger partial charge in [0, 0.05) is 11.5 Å². The first-order chi connectivity index (χ1) is 5.12. The van der Waals surface area contributed by atoms with E-state index in [2.05, 4.69) is 0 Å². The van der Waals surface area contributed by atoms with E-state index in [1.807, 2.05) is 12.5 Å². The fourth-order valence-electron chi connectivity index (χ4n) is 0.523.